The zero-order valence-electron chi connectivity index (χ0n) is 20.0. The molecule has 0 saturated heterocycles. The predicted molar refractivity (Wildman–Crippen MR) is 134 cm³/mol. The van der Waals surface area contributed by atoms with E-state index in [-0.39, 0.29) is 23.1 Å². The molecule has 188 valence electrons. The number of ether oxygens (including phenoxy) is 3. The van der Waals surface area contributed by atoms with Gasteiger partial charge < -0.3 is 14.2 Å². The van der Waals surface area contributed by atoms with Crippen LogP contribution in [0, 0.1) is 0 Å². The van der Waals surface area contributed by atoms with Crippen LogP contribution in [0.1, 0.15) is 39.3 Å². The van der Waals surface area contributed by atoms with Crippen LogP contribution in [0.15, 0.2) is 41.4 Å². The van der Waals surface area contributed by atoms with E-state index < -0.39 is 27.8 Å². The number of hydrogen-bond acceptors (Lipinski definition) is 6. The Morgan fingerprint density at radius 2 is 1.89 bits per heavy atom. The van der Waals surface area contributed by atoms with Crippen molar-refractivity contribution < 1.29 is 27.4 Å². The zero-order valence-corrected chi connectivity index (χ0v) is 22.3. The molecule has 11 heteroatoms. The molecule has 1 unspecified atom stereocenters. The largest absolute Gasteiger partial charge is 0.493 e. The molecule has 8 nitrogen and oxygen atoms in total. The maximum atomic E-state index is 13.6. The highest BCUT2D eigenvalue weighted by Crippen LogP contribution is 2.45. The van der Waals surface area contributed by atoms with E-state index in [0.29, 0.717) is 33.0 Å². The average molecular weight is 541 g/mol. The molecule has 0 fully saturated rings. The van der Waals surface area contributed by atoms with Gasteiger partial charge in [0, 0.05) is 28.2 Å². The van der Waals surface area contributed by atoms with Crippen LogP contribution in [0.3, 0.4) is 0 Å². The van der Waals surface area contributed by atoms with Crippen molar-refractivity contribution in [3.05, 3.63) is 52.1 Å². The number of fused-ring (bicyclic) bond motifs is 3. The predicted octanol–water partition coefficient (Wildman–Crippen LogP) is 5.88. The van der Waals surface area contributed by atoms with E-state index in [1.54, 1.807) is 37.8 Å². The number of hydrogen-bond donors (Lipinski definition) is 0. The first-order chi connectivity index (χ1) is 16.3. The Morgan fingerprint density at radius 1 is 1.17 bits per heavy atom. The van der Waals surface area contributed by atoms with Crippen molar-refractivity contribution in [1.29, 1.82) is 0 Å². The lowest BCUT2D eigenvalue weighted by atomic mass is 10.0. The topological polar surface area (TPSA) is 87.1 Å². The zero-order chi connectivity index (χ0) is 25.7. The van der Waals surface area contributed by atoms with Gasteiger partial charge in [0.15, 0.2) is 11.5 Å². The molecule has 1 amide bonds. The minimum Gasteiger partial charge on any atom is -0.493 e. The normalized spacial score (nSPS) is 16.4. The highest BCUT2D eigenvalue weighted by Gasteiger charge is 2.34. The van der Waals surface area contributed by atoms with Crippen molar-refractivity contribution in [3.8, 4) is 11.5 Å². The second-order valence-corrected chi connectivity index (χ2v) is 11.8. The second kappa shape index (κ2) is 9.11. The van der Waals surface area contributed by atoms with Crippen molar-refractivity contribution >= 4 is 50.2 Å². The molecule has 1 atom stereocenters. The lowest BCUT2D eigenvalue weighted by molar-refractivity contribution is 0.0168. The molecule has 0 bridgehead atoms. The quantitative estimate of drug-likeness (QED) is 0.412. The van der Waals surface area contributed by atoms with Crippen LogP contribution >= 0.6 is 23.2 Å². The summed E-state index contributed by atoms with van der Waals surface area (Å²) in [6, 6.07) is 7.00. The molecule has 0 N–H and O–H groups in total. The molecule has 35 heavy (non-hydrogen) atoms. The third kappa shape index (κ3) is 4.64. The Bertz CT molecular complexity index is 1410. The van der Waals surface area contributed by atoms with Crippen molar-refractivity contribution in [1.82, 2.24) is 8.87 Å². The summed E-state index contributed by atoms with van der Waals surface area (Å²) >= 11 is 12.2. The molecule has 0 saturated carbocycles. The fraction of sp³-hybridized carbons (Fsp3) is 0.375. The molecule has 1 aliphatic rings. The monoisotopic (exact) mass is 540 g/mol. The lowest BCUT2D eigenvalue weighted by Gasteiger charge is -2.30. The minimum absolute atomic E-state index is 0.00822. The Hall–Kier alpha value is -2.62. The van der Waals surface area contributed by atoms with Crippen LogP contribution in [-0.4, -0.2) is 49.2 Å². The molecular formula is C24H26Cl2N2O6S. The molecule has 1 aromatic heterocycles. The number of methoxy groups -OCH3 is 1. The Balaban J connectivity index is 1.91. The van der Waals surface area contributed by atoms with Gasteiger partial charge >= 0.3 is 6.09 Å². The number of benzene rings is 2. The first-order valence-corrected chi connectivity index (χ1v) is 13.1. The van der Waals surface area contributed by atoms with Crippen LogP contribution in [0.4, 0.5) is 4.79 Å². The Morgan fingerprint density at radius 3 is 2.51 bits per heavy atom. The SMILES string of the molecule is COc1cc2c(ccn2S(=O)(=O)c2ccc(Cl)cc2Cl)c2c1OCCN(C(=O)OC(C)(C)C)C2C. The fourth-order valence-electron chi connectivity index (χ4n) is 4.12. The van der Waals surface area contributed by atoms with Gasteiger partial charge in [-0.2, -0.15) is 0 Å². The summed E-state index contributed by atoms with van der Waals surface area (Å²) in [5.74, 6) is 0.806. The van der Waals surface area contributed by atoms with Crippen LogP contribution in [0.25, 0.3) is 10.9 Å². The summed E-state index contributed by atoms with van der Waals surface area (Å²) in [5.41, 5.74) is 0.304. The van der Waals surface area contributed by atoms with Crippen LogP contribution in [0.5, 0.6) is 11.5 Å². The van der Waals surface area contributed by atoms with Crippen molar-refractivity contribution in [2.24, 2.45) is 0 Å². The molecule has 3 aromatic rings. The van der Waals surface area contributed by atoms with Gasteiger partial charge in [-0.1, -0.05) is 23.2 Å². The van der Waals surface area contributed by atoms with Crippen LogP contribution < -0.4 is 9.47 Å². The summed E-state index contributed by atoms with van der Waals surface area (Å²) in [4.78, 5) is 14.5. The lowest BCUT2D eigenvalue weighted by Crippen LogP contribution is -2.39. The van der Waals surface area contributed by atoms with Gasteiger partial charge in [0.1, 0.15) is 17.1 Å². The Kier molecular flexibility index (Phi) is 6.63. The summed E-state index contributed by atoms with van der Waals surface area (Å²) in [7, 11) is -2.60. The fourth-order valence-corrected chi connectivity index (χ4v) is 6.21. The first kappa shape index (κ1) is 25.5. The Labute approximate surface area is 214 Å². The summed E-state index contributed by atoms with van der Waals surface area (Å²) in [5, 5.41) is 0.929. The van der Waals surface area contributed by atoms with Gasteiger partial charge in [-0.15, -0.1) is 0 Å². The molecule has 0 spiro atoms. The molecular weight excluding hydrogens is 515 g/mol. The first-order valence-electron chi connectivity index (χ1n) is 10.9. The number of amides is 1. The van der Waals surface area contributed by atoms with E-state index in [9.17, 15) is 13.2 Å². The van der Waals surface area contributed by atoms with Gasteiger partial charge in [-0.3, -0.25) is 4.90 Å². The van der Waals surface area contributed by atoms with Gasteiger partial charge in [0.25, 0.3) is 10.0 Å². The maximum absolute atomic E-state index is 13.6. The van der Waals surface area contributed by atoms with Gasteiger partial charge in [0.2, 0.25) is 0 Å². The van der Waals surface area contributed by atoms with Crippen molar-refractivity contribution in [2.75, 3.05) is 20.3 Å². The minimum atomic E-state index is -4.08. The summed E-state index contributed by atoms with van der Waals surface area (Å²) in [6.45, 7) is 7.74. The molecule has 4 rings (SSSR count). The number of carbonyl (C=O) groups excluding carboxylic acids is 1. The highest BCUT2D eigenvalue weighted by molar-refractivity contribution is 7.90. The molecule has 0 radical (unpaired) electrons. The van der Waals surface area contributed by atoms with Gasteiger partial charge in [0.05, 0.1) is 30.2 Å². The summed E-state index contributed by atoms with van der Waals surface area (Å²) < 4.78 is 45.4. The van der Waals surface area contributed by atoms with Crippen molar-refractivity contribution in [3.63, 3.8) is 0 Å². The van der Waals surface area contributed by atoms with E-state index in [2.05, 4.69) is 0 Å². The molecule has 2 heterocycles. The number of halogens is 2. The maximum Gasteiger partial charge on any atom is 0.410 e. The van der Waals surface area contributed by atoms with E-state index in [1.807, 2.05) is 6.92 Å². The average Bonchev–Trinajstić information content (AvgIpc) is 3.10. The molecule has 0 aliphatic carbocycles. The summed E-state index contributed by atoms with van der Waals surface area (Å²) in [6.07, 6.45) is 0.956. The standard InChI is InChI=1S/C24H26Cl2N2O6S/c1-14-21-16-8-9-28(35(30,31)20-7-6-15(25)12-17(20)26)18(16)13-19(32-5)22(21)33-11-10-27(14)23(29)34-24(2,3)4/h6-9,12-14H,10-11H2,1-5H3. The van der Waals surface area contributed by atoms with E-state index in [0.717, 1.165) is 3.97 Å². The highest BCUT2D eigenvalue weighted by atomic mass is 35.5. The third-order valence-electron chi connectivity index (χ3n) is 5.66. The third-order valence-corrected chi connectivity index (χ3v) is 8.07. The van der Waals surface area contributed by atoms with E-state index >= 15 is 0 Å². The van der Waals surface area contributed by atoms with E-state index in [4.69, 9.17) is 37.4 Å². The molecule has 2 aromatic carbocycles. The van der Waals surface area contributed by atoms with Crippen molar-refractivity contribution in [2.45, 2.75) is 44.2 Å². The smallest absolute Gasteiger partial charge is 0.410 e. The molecule has 1 aliphatic heterocycles. The number of aromatic nitrogens is 1. The number of rotatable bonds is 3. The second-order valence-electron chi connectivity index (χ2n) is 9.14. The van der Waals surface area contributed by atoms with Gasteiger partial charge in [-0.05, 0) is 52.0 Å². The van der Waals surface area contributed by atoms with Crippen LogP contribution in [-0.2, 0) is 14.8 Å². The number of carbonyl (C=O) groups is 1. The van der Waals surface area contributed by atoms with E-state index in [1.165, 1.54) is 31.5 Å². The number of nitrogens with zero attached hydrogens (tertiary/aromatic N) is 2. The van der Waals surface area contributed by atoms with Gasteiger partial charge in [-0.25, -0.2) is 17.2 Å². The van der Waals surface area contributed by atoms with Crippen LogP contribution in [0.2, 0.25) is 10.0 Å².